The summed E-state index contributed by atoms with van der Waals surface area (Å²) in [5, 5.41) is 5.93. The number of thiophene rings is 1. The lowest BCUT2D eigenvalue weighted by atomic mass is 9.95. The van der Waals surface area contributed by atoms with Gasteiger partial charge in [-0.3, -0.25) is 10.1 Å². The van der Waals surface area contributed by atoms with Crippen molar-refractivity contribution in [2.75, 3.05) is 31.6 Å². The summed E-state index contributed by atoms with van der Waals surface area (Å²) in [6.45, 7) is 2.35. The molecule has 3 amide bonds. The molecule has 0 saturated carbocycles. The molecule has 2 aromatic rings. The average Bonchev–Trinajstić information content (AvgIpc) is 3.28. The van der Waals surface area contributed by atoms with Gasteiger partial charge in [-0.1, -0.05) is 0 Å². The fraction of sp³-hybridized carbons (Fsp3) is 0.519. The fourth-order valence-electron chi connectivity index (χ4n) is 5.06. The van der Waals surface area contributed by atoms with E-state index in [-0.39, 0.29) is 38.2 Å². The monoisotopic (exact) mass is 605 g/mol. The van der Waals surface area contributed by atoms with Crippen LogP contribution in [0.4, 0.5) is 36.1 Å². The molecule has 0 bridgehead atoms. The summed E-state index contributed by atoms with van der Waals surface area (Å²) in [4.78, 5) is 40.3. The third kappa shape index (κ3) is 7.32. The Balaban J connectivity index is 1.34. The molecule has 14 heteroatoms. The van der Waals surface area contributed by atoms with Crippen LogP contribution in [0.3, 0.4) is 0 Å². The number of fused-ring (bicyclic) bond motifs is 1. The Morgan fingerprint density at radius 3 is 2.17 bits per heavy atom. The van der Waals surface area contributed by atoms with Gasteiger partial charge in [0.15, 0.2) is 0 Å². The maximum Gasteiger partial charge on any atom is 0.416 e. The number of halogens is 6. The lowest BCUT2D eigenvalue weighted by Gasteiger charge is -2.32. The number of hydrogen-bond acceptors (Lipinski definition) is 5. The van der Waals surface area contributed by atoms with Crippen LogP contribution >= 0.6 is 11.3 Å². The first kappa shape index (κ1) is 30.7. The smallest absolute Gasteiger partial charge is 0.416 e. The zero-order valence-electron chi connectivity index (χ0n) is 22.1. The minimum absolute atomic E-state index is 0.0131. The lowest BCUT2D eigenvalue weighted by molar-refractivity contribution is -0.143. The predicted molar refractivity (Wildman–Crippen MR) is 139 cm³/mol. The van der Waals surface area contributed by atoms with Gasteiger partial charge < -0.3 is 15.0 Å². The Morgan fingerprint density at radius 1 is 0.976 bits per heavy atom. The first-order chi connectivity index (χ1) is 19.3. The highest BCUT2D eigenvalue weighted by molar-refractivity contribution is 7.17. The van der Waals surface area contributed by atoms with E-state index in [1.54, 1.807) is 6.92 Å². The molecule has 2 N–H and O–H groups in total. The zero-order valence-corrected chi connectivity index (χ0v) is 23.0. The van der Waals surface area contributed by atoms with E-state index in [1.807, 2.05) is 0 Å². The van der Waals surface area contributed by atoms with Gasteiger partial charge in [-0.25, -0.2) is 9.59 Å². The second kappa shape index (κ2) is 12.3. The molecule has 1 aromatic heterocycles. The number of rotatable bonds is 6. The number of likely N-dealkylation sites (tertiary alicyclic amines) is 1. The number of anilines is 1. The number of ether oxygens (including phenoxy) is 1. The van der Waals surface area contributed by atoms with Crippen LogP contribution in [0.2, 0.25) is 0 Å². The van der Waals surface area contributed by atoms with Gasteiger partial charge in [0.2, 0.25) is 0 Å². The topological polar surface area (TPSA) is 87.7 Å². The number of esters is 1. The molecule has 7 nitrogen and oxygen atoms in total. The van der Waals surface area contributed by atoms with E-state index in [0.29, 0.717) is 35.5 Å². The summed E-state index contributed by atoms with van der Waals surface area (Å²) >= 11 is 1.35. The van der Waals surface area contributed by atoms with Gasteiger partial charge in [0.25, 0.3) is 5.91 Å². The number of amides is 3. The minimum atomic E-state index is -5.05. The molecular weight excluding hydrogens is 576 g/mol. The molecule has 1 saturated heterocycles. The van der Waals surface area contributed by atoms with Crippen molar-refractivity contribution in [3.63, 3.8) is 0 Å². The Hall–Kier alpha value is -3.29. The van der Waals surface area contributed by atoms with E-state index in [1.165, 1.54) is 16.2 Å². The molecule has 2 aliphatic rings. The predicted octanol–water partition coefficient (Wildman–Crippen LogP) is 6.52. The Labute approximate surface area is 236 Å². The van der Waals surface area contributed by atoms with Crippen molar-refractivity contribution in [3.05, 3.63) is 50.9 Å². The van der Waals surface area contributed by atoms with Crippen LogP contribution in [-0.2, 0) is 29.9 Å². The summed E-state index contributed by atoms with van der Waals surface area (Å²) in [6.07, 6.45) is -5.81. The maximum atomic E-state index is 13.2. The number of hydrogen-bond donors (Lipinski definition) is 2. The number of benzene rings is 1. The molecule has 1 aliphatic heterocycles. The second-order valence-electron chi connectivity index (χ2n) is 10.0. The van der Waals surface area contributed by atoms with Crippen molar-refractivity contribution in [2.45, 2.75) is 57.8 Å². The summed E-state index contributed by atoms with van der Waals surface area (Å²) < 4.78 is 84.3. The van der Waals surface area contributed by atoms with Crippen molar-refractivity contribution in [3.8, 4) is 0 Å². The van der Waals surface area contributed by atoms with Crippen LogP contribution in [0, 0.1) is 5.92 Å². The number of piperidine rings is 1. The van der Waals surface area contributed by atoms with Crippen LogP contribution < -0.4 is 10.6 Å². The summed E-state index contributed by atoms with van der Waals surface area (Å²) in [6, 6.07) is 0.336. The van der Waals surface area contributed by atoms with Gasteiger partial charge in [-0.05, 0) is 75.1 Å². The maximum absolute atomic E-state index is 13.2. The third-order valence-corrected chi connectivity index (χ3v) is 8.37. The van der Waals surface area contributed by atoms with Crippen LogP contribution in [0.15, 0.2) is 18.2 Å². The number of urea groups is 1. The summed E-state index contributed by atoms with van der Waals surface area (Å²) in [5.74, 6) is -1.47. The quantitative estimate of drug-likeness (QED) is 0.290. The number of nitrogens with one attached hydrogen (secondary N) is 2. The number of aryl methyl sites for hydroxylation is 1. The van der Waals surface area contributed by atoms with Gasteiger partial charge in [-0.15, -0.1) is 11.3 Å². The molecule has 1 aliphatic carbocycles. The molecule has 4 rings (SSSR count). The van der Waals surface area contributed by atoms with Gasteiger partial charge in [0.05, 0.1) is 23.3 Å². The molecule has 1 aromatic carbocycles. The average molecular weight is 606 g/mol. The SMILES string of the molecule is CCOC(=O)c1c(NC(=O)NCC2CCN(C(=O)c3cc(C(F)(F)F)cc(C(F)(F)F)c3)CC2)sc2c1CCCC2. The Morgan fingerprint density at radius 2 is 1.59 bits per heavy atom. The molecule has 224 valence electrons. The summed E-state index contributed by atoms with van der Waals surface area (Å²) in [5.41, 5.74) is -2.47. The zero-order chi connectivity index (χ0) is 29.9. The molecule has 41 heavy (non-hydrogen) atoms. The van der Waals surface area contributed by atoms with E-state index >= 15 is 0 Å². The van der Waals surface area contributed by atoms with Crippen molar-refractivity contribution in [1.29, 1.82) is 0 Å². The highest BCUT2D eigenvalue weighted by Crippen LogP contribution is 2.39. The number of carbonyl (C=O) groups excluding carboxylic acids is 3. The number of nitrogens with zero attached hydrogens (tertiary/aromatic N) is 1. The first-order valence-corrected chi connectivity index (χ1v) is 14.0. The molecule has 0 spiro atoms. The van der Waals surface area contributed by atoms with Crippen LogP contribution in [0.25, 0.3) is 0 Å². The fourth-order valence-corrected chi connectivity index (χ4v) is 6.33. The van der Waals surface area contributed by atoms with Crippen LogP contribution in [0.1, 0.15) is 74.9 Å². The minimum Gasteiger partial charge on any atom is -0.462 e. The Bertz CT molecular complexity index is 1270. The van der Waals surface area contributed by atoms with Crippen molar-refractivity contribution < 1.29 is 45.5 Å². The molecular formula is C27H29F6N3O4S. The number of alkyl halides is 6. The van der Waals surface area contributed by atoms with Crippen molar-refractivity contribution in [2.24, 2.45) is 5.92 Å². The van der Waals surface area contributed by atoms with Gasteiger partial charge in [-0.2, -0.15) is 26.3 Å². The first-order valence-electron chi connectivity index (χ1n) is 13.2. The van der Waals surface area contributed by atoms with Crippen LogP contribution in [0.5, 0.6) is 0 Å². The third-order valence-electron chi connectivity index (χ3n) is 7.17. The normalized spacial score (nSPS) is 16.2. The van der Waals surface area contributed by atoms with Crippen molar-refractivity contribution in [1.82, 2.24) is 10.2 Å². The molecule has 0 atom stereocenters. The van der Waals surface area contributed by atoms with Gasteiger partial charge in [0, 0.05) is 30.1 Å². The van der Waals surface area contributed by atoms with E-state index < -0.39 is 47.0 Å². The highest BCUT2D eigenvalue weighted by atomic mass is 32.1. The molecule has 2 heterocycles. The Kier molecular flexibility index (Phi) is 9.19. The molecule has 1 fully saturated rings. The standard InChI is InChI=1S/C27H29F6N3O4S/c1-2-40-24(38)21-19-5-3-4-6-20(19)41-22(21)35-25(39)34-14-15-7-9-36(10-8-15)23(37)16-11-17(26(28,29)30)13-18(12-16)27(31,32)33/h11-13,15H,2-10,14H2,1H3,(H2,34,35,39). The lowest BCUT2D eigenvalue weighted by Crippen LogP contribution is -2.42. The number of carbonyl (C=O) groups is 3. The van der Waals surface area contributed by atoms with E-state index in [0.717, 1.165) is 36.1 Å². The van der Waals surface area contributed by atoms with Crippen LogP contribution in [-0.4, -0.2) is 49.0 Å². The van der Waals surface area contributed by atoms with Gasteiger partial charge >= 0.3 is 24.4 Å². The van der Waals surface area contributed by atoms with Gasteiger partial charge in [0.1, 0.15) is 5.00 Å². The molecule has 0 unspecified atom stereocenters. The van der Waals surface area contributed by atoms with E-state index in [2.05, 4.69) is 10.6 Å². The molecule has 0 radical (unpaired) electrons. The second-order valence-corrected chi connectivity index (χ2v) is 11.1. The van der Waals surface area contributed by atoms with E-state index in [9.17, 15) is 40.7 Å². The van der Waals surface area contributed by atoms with E-state index in [4.69, 9.17) is 4.74 Å². The largest absolute Gasteiger partial charge is 0.462 e. The van der Waals surface area contributed by atoms with Crippen molar-refractivity contribution >= 4 is 34.2 Å². The highest BCUT2D eigenvalue weighted by Gasteiger charge is 2.38. The summed E-state index contributed by atoms with van der Waals surface area (Å²) in [7, 11) is 0.